The monoisotopic (exact) mass is 494 g/mol. The summed E-state index contributed by atoms with van der Waals surface area (Å²) in [6.07, 6.45) is 0.662. The predicted molar refractivity (Wildman–Crippen MR) is 146 cm³/mol. The first-order chi connectivity index (χ1) is 16.5. The second kappa shape index (κ2) is 8.82. The normalized spacial score (nSPS) is 23.4. The Hall–Kier alpha value is -3.02. The van der Waals surface area contributed by atoms with Crippen LogP contribution in [0.1, 0.15) is 91.8 Å². The molecule has 0 saturated heterocycles. The van der Waals surface area contributed by atoms with Crippen molar-refractivity contribution in [3.63, 3.8) is 0 Å². The number of benzene rings is 2. The van der Waals surface area contributed by atoms with Crippen LogP contribution in [0, 0.1) is 5.41 Å². The molecule has 1 heterocycles. The molecule has 196 valence electrons. The Balaban J connectivity index is 2.42. The Kier molecular flexibility index (Phi) is 6.76. The molecule has 1 aliphatic rings. The van der Waals surface area contributed by atoms with Crippen LogP contribution in [-0.2, 0) is 26.0 Å². The molecule has 0 fully saturated rings. The van der Waals surface area contributed by atoms with Gasteiger partial charge in [0.2, 0.25) is 0 Å². The van der Waals surface area contributed by atoms with Crippen LogP contribution in [0.4, 0.5) is 11.4 Å². The summed E-state index contributed by atoms with van der Waals surface area (Å²) in [7, 11) is 0. The molecule has 2 atom stereocenters. The summed E-state index contributed by atoms with van der Waals surface area (Å²) in [4.78, 5) is 26.5. The second-order valence-corrected chi connectivity index (χ2v) is 12.4. The standard InChI is InChI=1S/C30H42N2O4/c1-10-29(11-2)28(9,24(33)34)32-23-17-14-20(27(6,7)8)18-22(23)30(29,25(35)36)31-21-15-12-19(13-16-21)26(3,4)5/h12-18,31-32H,10-11H2,1-9H3,(H,33,34)(H,35,36). The maximum absolute atomic E-state index is 13.6. The van der Waals surface area contributed by atoms with Gasteiger partial charge < -0.3 is 20.8 Å². The average molecular weight is 495 g/mol. The topological polar surface area (TPSA) is 98.7 Å². The minimum atomic E-state index is -1.70. The summed E-state index contributed by atoms with van der Waals surface area (Å²) in [5.74, 6) is -2.17. The maximum Gasteiger partial charge on any atom is 0.334 e. The number of nitrogens with one attached hydrogen (secondary N) is 2. The van der Waals surface area contributed by atoms with Gasteiger partial charge in [0.05, 0.1) is 0 Å². The Morgan fingerprint density at radius 2 is 1.33 bits per heavy atom. The van der Waals surface area contributed by atoms with Gasteiger partial charge in [-0.05, 0) is 59.9 Å². The van der Waals surface area contributed by atoms with Crippen LogP contribution in [-0.4, -0.2) is 27.7 Å². The van der Waals surface area contributed by atoms with E-state index in [4.69, 9.17) is 0 Å². The SMILES string of the molecule is CCC1(CC)C(C)(C(=O)O)Nc2ccc(C(C)(C)C)cc2C1(Nc1ccc(C(C)(C)C)cc1)C(=O)O. The second-order valence-electron chi connectivity index (χ2n) is 12.4. The first-order valence-corrected chi connectivity index (χ1v) is 12.8. The molecule has 0 saturated carbocycles. The van der Waals surface area contributed by atoms with Crippen LogP contribution >= 0.6 is 0 Å². The van der Waals surface area contributed by atoms with E-state index in [-0.39, 0.29) is 10.8 Å². The van der Waals surface area contributed by atoms with Crippen molar-refractivity contribution < 1.29 is 19.8 Å². The van der Waals surface area contributed by atoms with Gasteiger partial charge in [0, 0.05) is 22.4 Å². The van der Waals surface area contributed by atoms with Crippen LogP contribution in [0.2, 0.25) is 0 Å². The van der Waals surface area contributed by atoms with Gasteiger partial charge in [0.25, 0.3) is 0 Å². The molecule has 3 rings (SSSR count). The van der Waals surface area contributed by atoms with Crippen molar-refractivity contribution in [1.82, 2.24) is 0 Å². The van der Waals surface area contributed by atoms with Crippen molar-refractivity contribution in [3.8, 4) is 0 Å². The third-order valence-corrected chi connectivity index (χ3v) is 8.39. The summed E-state index contributed by atoms with van der Waals surface area (Å²) in [5.41, 5.74) is -0.881. The first kappa shape index (κ1) is 27.6. The summed E-state index contributed by atoms with van der Waals surface area (Å²) < 4.78 is 0. The number of carboxylic acid groups (broad SMARTS) is 2. The van der Waals surface area contributed by atoms with Crippen LogP contribution in [0.3, 0.4) is 0 Å². The Morgan fingerprint density at radius 1 is 0.833 bits per heavy atom. The minimum Gasteiger partial charge on any atom is -0.479 e. The number of anilines is 2. The van der Waals surface area contributed by atoms with Crippen molar-refractivity contribution in [2.45, 2.75) is 97.1 Å². The first-order valence-electron chi connectivity index (χ1n) is 12.8. The highest BCUT2D eigenvalue weighted by atomic mass is 16.4. The lowest BCUT2D eigenvalue weighted by Gasteiger charge is -2.59. The smallest absolute Gasteiger partial charge is 0.334 e. The lowest BCUT2D eigenvalue weighted by Crippen LogP contribution is -2.73. The van der Waals surface area contributed by atoms with E-state index in [1.165, 1.54) is 0 Å². The third-order valence-electron chi connectivity index (χ3n) is 8.39. The molecule has 0 aromatic heterocycles. The molecule has 0 bridgehead atoms. The highest BCUT2D eigenvalue weighted by molar-refractivity contribution is 5.96. The molecule has 1 aliphatic heterocycles. The molecule has 2 aromatic carbocycles. The zero-order valence-electron chi connectivity index (χ0n) is 23.2. The van der Waals surface area contributed by atoms with Gasteiger partial charge in [0.1, 0.15) is 5.54 Å². The van der Waals surface area contributed by atoms with E-state index in [2.05, 4.69) is 52.2 Å². The molecule has 4 N–H and O–H groups in total. The highest BCUT2D eigenvalue weighted by Crippen LogP contribution is 2.60. The minimum absolute atomic E-state index is 0.0511. The van der Waals surface area contributed by atoms with Crippen LogP contribution in [0.15, 0.2) is 42.5 Å². The lowest BCUT2D eigenvalue weighted by atomic mass is 9.51. The van der Waals surface area contributed by atoms with Crippen LogP contribution in [0.5, 0.6) is 0 Å². The molecule has 36 heavy (non-hydrogen) atoms. The number of rotatable bonds is 6. The van der Waals surface area contributed by atoms with E-state index >= 15 is 0 Å². The fourth-order valence-corrected chi connectivity index (χ4v) is 6.03. The number of hydrogen-bond donors (Lipinski definition) is 4. The Bertz CT molecular complexity index is 1150. The highest BCUT2D eigenvalue weighted by Gasteiger charge is 2.70. The molecule has 0 spiro atoms. The number of aliphatic carboxylic acids is 2. The van der Waals surface area contributed by atoms with E-state index in [0.717, 1.165) is 11.1 Å². The van der Waals surface area contributed by atoms with Gasteiger partial charge >= 0.3 is 11.9 Å². The fraction of sp³-hybridized carbons (Fsp3) is 0.533. The van der Waals surface area contributed by atoms with Gasteiger partial charge in [-0.2, -0.15) is 0 Å². The molecule has 6 heteroatoms. The van der Waals surface area contributed by atoms with Crippen LogP contribution < -0.4 is 10.6 Å². The van der Waals surface area contributed by atoms with Crippen molar-refractivity contribution >= 4 is 23.3 Å². The Morgan fingerprint density at radius 3 is 1.75 bits per heavy atom. The van der Waals surface area contributed by atoms with Crippen molar-refractivity contribution in [3.05, 3.63) is 59.2 Å². The van der Waals surface area contributed by atoms with Crippen molar-refractivity contribution in [1.29, 1.82) is 0 Å². The molecule has 6 nitrogen and oxygen atoms in total. The van der Waals surface area contributed by atoms with Crippen molar-refractivity contribution in [2.24, 2.45) is 5.41 Å². The largest absolute Gasteiger partial charge is 0.479 e. The van der Waals surface area contributed by atoms with E-state index in [1.54, 1.807) is 6.92 Å². The zero-order chi connectivity index (χ0) is 27.3. The van der Waals surface area contributed by atoms with Gasteiger partial charge in [-0.15, -0.1) is 0 Å². The Labute approximate surface area is 215 Å². The molecule has 0 aliphatic carbocycles. The zero-order valence-corrected chi connectivity index (χ0v) is 23.2. The quantitative estimate of drug-likeness (QED) is 0.355. The summed E-state index contributed by atoms with van der Waals surface area (Å²) in [6, 6.07) is 13.5. The number of carbonyl (C=O) groups is 2. The summed E-state index contributed by atoms with van der Waals surface area (Å²) >= 11 is 0. The van der Waals surface area contributed by atoms with Gasteiger partial charge in [-0.1, -0.05) is 79.7 Å². The number of carboxylic acids is 2. The molecule has 0 radical (unpaired) electrons. The van der Waals surface area contributed by atoms with E-state index in [9.17, 15) is 19.8 Å². The third kappa shape index (κ3) is 3.95. The lowest BCUT2D eigenvalue weighted by molar-refractivity contribution is -0.160. The van der Waals surface area contributed by atoms with E-state index in [1.807, 2.05) is 56.3 Å². The number of fused-ring (bicyclic) bond motifs is 1. The average Bonchev–Trinajstić information content (AvgIpc) is 2.78. The van der Waals surface area contributed by atoms with Gasteiger partial charge in [-0.3, -0.25) is 0 Å². The van der Waals surface area contributed by atoms with Gasteiger partial charge in [-0.25, -0.2) is 9.59 Å². The fourth-order valence-electron chi connectivity index (χ4n) is 6.03. The maximum atomic E-state index is 13.6. The predicted octanol–water partition coefficient (Wildman–Crippen LogP) is 6.75. The molecule has 2 aromatic rings. The summed E-state index contributed by atoms with van der Waals surface area (Å²) in [6.45, 7) is 18.0. The molecular weight excluding hydrogens is 452 g/mol. The molecule has 0 amide bonds. The van der Waals surface area contributed by atoms with E-state index in [0.29, 0.717) is 29.8 Å². The number of hydrogen-bond acceptors (Lipinski definition) is 4. The van der Waals surface area contributed by atoms with Crippen molar-refractivity contribution in [2.75, 3.05) is 10.6 Å². The van der Waals surface area contributed by atoms with Crippen LogP contribution in [0.25, 0.3) is 0 Å². The van der Waals surface area contributed by atoms with E-state index < -0.39 is 28.4 Å². The molecular formula is C30H42N2O4. The summed E-state index contributed by atoms with van der Waals surface area (Å²) in [5, 5.41) is 28.3. The molecule has 2 unspecified atom stereocenters. The van der Waals surface area contributed by atoms with Gasteiger partial charge in [0.15, 0.2) is 5.54 Å².